The van der Waals surface area contributed by atoms with Crippen LogP contribution in [0.1, 0.15) is 33.6 Å². The largest absolute Gasteiger partial charge is 0.497 e. The molecule has 1 heterocycles. The van der Waals surface area contributed by atoms with Gasteiger partial charge in [-0.1, -0.05) is 29.3 Å². The van der Waals surface area contributed by atoms with Crippen LogP contribution < -0.4 is 4.74 Å². The van der Waals surface area contributed by atoms with E-state index >= 15 is 0 Å². The number of nitrogens with zero attached hydrogens (tertiary/aromatic N) is 1. The van der Waals surface area contributed by atoms with Crippen molar-refractivity contribution in [1.29, 1.82) is 0 Å². The fourth-order valence-electron chi connectivity index (χ4n) is 4.18. The Morgan fingerprint density at radius 2 is 1.62 bits per heavy atom. The first-order valence-electron chi connectivity index (χ1n) is 12.2. The Morgan fingerprint density at radius 1 is 0.923 bits per heavy atom. The third-order valence-corrected chi connectivity index (χ3v) is 7.84. The maximum absolute atomic E-state index is 13.4. The number of hydrogen-bond donors (Lipinski definition) is 0. The normalized spacial score (nSPS) is 11.5. The highest BCUT2D eigenvalue weighted by molar-refractivity contribution is 7.86. The number of esters is 1. The molecule has 0 aliphatic heterocycles. The van der Waals surface area contributed by atoms with Gasteiger partial charge in [0.2, 0.25) is 0 Å². The van der Waals surface area contributed by atoms with Gasteiger partial charge in [0.25, 0.3) is 16.0 Å². The average molecular weight is 570 g/mol. The van der Waals surface area contributed by atoms with E-state index in [1.807, 2.05) is 6.92 Å². The molecule has 0 spiro atoms. The van der Waals surface area contributed by atoms with E-state index in [0.29, 0.717) is 38.5 Å². The number of benzene rings is 3. The molecule has 204 valence electrons. The van der Waals surface area contributed by atoms with Gasteiger partial charge in [-0.2, -0.15) is 8.42 Å². The minimum Gasteiger partial charge on any atom is -0.497 e. The number of carbonyl (C=O) groups excluding carboxylic acids is 2. The van der Waals surface area contributed by atoms with Crippen molar-refractivity contribution in [1.82, 2.24) is 4.57 Å². The Bertz CT molecular complexity index is 1610. The molecule has 0 N–H and O–H groups in total. The molecule has 0 bridgehead atoms. The van der Waals surface area contributed by atoms with E-state index < -0.39 is 16.1 Å². The monoisotopic (exact) mass is 569 g/mol. The molecular weight excluding hydrogens is 542 g/mol. The molecule has 10 heteroatoms. The predicted molar refractivity (Wildman–Crippen MR) is 148 cm³/mol. The molecule has 0 saturated carbocycles. The van der Waals surface area contributed by atoms with E-state index in [-0.39, 0.29) is 36.9 Å². The quantitative estimate of drug-likeness (QED) is 0.141. The highest BCUT2D eigenvalue weighted by atomic mass is 35.5. The van der Waals surface area contributed by atoms with Crippen molar-refractivity contribution in [2.24, 2.45) is 0 Å². The van der Waals surface area contributed by atoms with Crippen LogP contribution in [0.4, 0.5) is 0 Å². The maximum atomic E-state index is 13.4. The van der Waals surface area contributed by atoms with Gasteiger partial charge in [-0.25, -0.2) is 0 Å². The zero-order valence-corrected chi connectivity index (χ0v) is 23.3. The van der Waals surface area contributed by atoms with Crippen molar-refractivity contribution in [2.75, 3.05) is 20.3 Å². The molecule has 0 saturated heterocycles. The molecule has 4 aromatic rings. The third-order valence-electron chi connectivity index (χ3n) is 6.26. The summed E-state index contributed by atoms with van der Waals surface area (Å²) in [7, 11) is -2.35. The molecule has 8 nitrogen and oxygen atoms in total. The molecule has 1 aromatic heterocycles. The molecule has 3 aromatic carbocycles. The Labute approximate surface area is 232 Å². The Morgan fingerprint density at radius 3 is 2.28 bits per heavy atom. The fraction of sp³-hybridized carbons (Fsp3) is 0.241. The number of rotatable bonds is 10. The smallest absolute Gasteiger partial charge is 0.310 e. The Kier molecular flexibility index (Phi) is 8.74. The molecule has 39 heavy (non-hydrogen) atoms. The van der Waals surface area contributed by atoms with Gasteiger partial charge in [0.05, 0.1) is 37.2 Å². The van der Waals surface area contributed by atoms with Crippen LogP contribution in [-0.4, -0.2) is 45.2 Å². The zero-order valence-electron chi connectivity index (χ0n) is 21.8. The summed E-state index contributed by atoms with van der Waals surface area (Å²) in [5.41, 5.74) is 3.25. The van der Waals surface area contributed by atoms with Crippen LogP contribution in [0, 0.1) is 13.8 Å². The molecule has 0 atom stereocenters. The van der Waals surface area contributed by atoms with Gasteiger partial charge in [-0.15, -0.1) is 0 Å². The lowest BCUT2D eigenvalue weighted by Crippen LogP contribution is -2.15. The summed E-state index contributed by atoms with van der Waals surface area (Å²) in [5, 5.41) is 1.21. The minimum atomic E-state index is -3.89. The van der Waals surface area contributed by atoms with Crippen LogP contribution >= 0.6 is 11.6 Å². The lowest BCUT2D eigenvalue weighted by atomic mass is 10.1. The summed E-state index contributed by atoms with van der Waals surface area (Å²) < 4.78 is 41.9. The van der Waals surface area contributed by atoms with E-state index in [2.05, 4.69) is 0 Å². The summed E-state index contributed by atoms with van der Waals surface area (Å²) in [5.74, 6) is -0.189. The molecule has 0 fully saturated rings. The number of methoxy groups -OCH3 is 1. The average Bonchev–Trinajstić information content (AvgIpc) is 3.18. The van der Waals surface area contributed by atoms with Crippen LogP contribution in [0.25, 0.3) is 10.9 Å². The topological polar surface area (TPSA) is 101 Å². The second-order valence-electron chi connectivity index (χ2n) is 8.93. The summed E-state index contributed by atoms with van der Waals surface area (Å²) in [4.78, 5) is 26.2. The standard InChI is InChI=1S/C29H28ClNO7S/c1-19-5-12-24(13-6-19)39(34,35)38-16-4-15-37-28(32)18-25-20(2)31(27-14-11-23(36-3)17-26(25)27)29(33)21-7-9-22(30)10-8-21/h5-14,17H,4,15-16,18H2,1-3H3. The van der Waals surface area contributed by atoms with Crippen LogP contribution in [-0.2, 0) is 30.3 Å². The van der Waals surface area contributed by atoms with Gasteiger partial charge in [0.15, 0.2) is 0 Å². The van der Waals surface area contributed by atoms with Crippen molar-refractivity contribution < 1.29 is 31.7 Å². The summed E-state index contributed by atoms with van der Waals surface area (Å²) in [6.07, 6.45) is 0.110. The lowest BCUT2D eigenvalue weighted by molar-refractivity contribution is -0.143. The Balaban J connectivity index is 1.44. The van der Waals surface area contributed by atoms with Gasteiger partial charge in [-0.3, -0.25) is 18.3 Å². The van der Waals surface area contributed by atoms with E-state index in [9.17, 15) is 18.0 Å². The van der Waals surface area contributed by atoms with Crippen molar-refractivity contribution in [3.63, 3.8) is 0 Å². The SMILES string of the molecule is COc1ccc2c(c1)c(CC(=O)OCCCOS(=O)(=O)c1ccc(C)cc1)c(C)n2C(=O)c1ccc(Cl)cc1. The summed E-state index contributed by atoms with van der Waals surface area (Å²) in [6.45, 7) is 3.48. The Hall–Kier alpha value is -3.66. The van der Waals surface area contributed by atoms with Crippen LogP contribution in [0.5, 0.6) is 5.75 Å². The molecular formula is C29H28ClNO7S. The van der Waals surface area contributed by atoms with E-state index in [0.717, 1.165) is 5.56 Å². The van der Waals surface area contributed by atoms with Crippen molar-refractivity contribution in [3.8, 4) is 5.75 Å². The van der Waals surface area contributed by atoms with Crippen LogP contribution in [0.15, 0.2) is 71.6 Å². The molecule has 0 aliphatic rings. The molecule has 0 amide bonds. The number of halogens is 1. The molecule has 0 radical (unpaired) electrons. The van der Waals surface area contributed by atoms with E-state index in [4.69, 9.17) is 25.3 Å². The first-order chi connectivity index (χ1) is 18.6. The van der Waals surface area contributed by atoms with Gasteiger partial charge in [0.1, 0.15) is 5.75 Å². The fourth-order valence-corrected chi connectivity index (χ4v) is 5.25. The van der Waals surface area contributed by atoms with E-state index in [1.54, 1.807) is 73.2 Å². The van der Waals surface area contributed by atoms with Gasteiger partial charge in [0, 0.05) is 28.1 Å². The number of ether oxygens (including phenoxy) is 2. The molecule has 0 unspecified atom stereocenters. The van der Waals surface area contributed by atoms with Gasteiger partial charge < -0.3 is 9.47 Å². The number of fused-ring (bicyclic) bond motifs is 1. The number of hydrogen-bond acceptors (Lipinski definition) is 7. The second-order valence-corrected chi connectivity index (χ2v) is 11.0. The van der Waals surface area contributed by atoms with Gasteiger partial charge in [-0.05, 0) is 74.0 Å². The van der Waals surface area contributed by atoms with Crippen molar-refractivity contribution in [2.45, 2.75) is 31.6 Å². The minimum absolute atomic E-state index is 0.0209. The van der Waals surface area contributed by atoms with Crippen molar-refractivity contribution >= 4 is 44.5 Å². The van der Waals surface area contributed by atoms with E-state index in [1.165, 1.54) is 12.1 Å². The predicted octanol–water partition coefficient (Wildman–Crippen LogP) is 5.49. The lowest BCUT2D eigenvalue weighted by Gasteiger charge is -2.09. The van der Waals surface area contributed by atoms with Crippen LogP contribution in [0.2, 0.25) is 5.02 Å². The molecule has 0 aliphatic carbocycles. The molecule has 4 rings (SSSR count). The van der Waals surface area contributed by atoms with Crippen molar-refractivity contribution in [3.05, 3.63) is 94.1 Å². The zero-order chi connectivity index (χ0) is 28.2. The maximum Gasteiger partial charge on any atom is 0.310 e. The number of aryl methyl sites for hydroxylation is 1. The first-order valence-corrected chi connectivity index (χ1v) is 14.0. The van der Waals surface area contributed by atoms with Crippen LogP contribution in [0.3, 0.4) is 0 Å². The third kappa shape index (κ3) is 6.50. The highest BCUT2D eigenvalue weighted by Crippen LogP contribution is 2.31. The first kappa shape index (κ1) is 28.4. The number of carbonyl (C=O) groups is 2. The van der Waals surface area contributed by atoms with Gasteiger partial charge >= 0.3 is 5.97 Å². The second kappa shape index (κ2) is 12.0. The summed E-state index contributed by atoms with van der Waals surface area (Å²) in [6, 6.07) is 18.2. The highest BCUT2D eigenvalue weighted by Gasteiger charge is 2.22. The summed E-state index contributed by atoms with van der Waals surface area (Å²) >= 11 is 5.98. The number of aromatic nitrogens is 1.